The molecule has 0 bridgehead atoms. The van der Waals surface area contributed by atoms with Crippen molar-refractivity contribution in [2.24, 2.45) is 0 Å². The molecule has 0 aromatic carbocycles. The minimum Gasteiger partial charge on any atom is -0.481 e. The summed E-state index contributed by atoms with van der Waals surface area (Å²) >= 11 is 1.78. The second kappa shape index (κ2) is 4.35. The van der Waals surface area contributed by atoms with E-state index in [1.54, 1.807) is 22.6 Å². The Labute approximate surface area is 92.0 Å². The van der Waals surface area contributed by atoms with Gasteiger partial charge in [0.1, 0.15) is 3.57 Å². The lowest BCUT2D eigenvalue weighted by Crippen LogP contribution is -2.05. The van der Waals surface area contributed by atoms with Crippen molar-refractivity contribution in [3.8, 4) is 0 Å². The lowest BCUT2D eigenvalue weighted by atomic mass is 10.4. The Balaban J connectivity index is 2.76. The maximum absolute atomic E-state index is 10.4. The summed E-state index contributed by atoms with van der Waals surface area (Å²) in [5.74, 6) is -1.20. The van der Waals surface area contributed by atoms with Crippen LogP contribution in [0.25, 0.3) is 0 Å². The van der Waals surface area contributed by atoms with Gasteiger partial charge in [0.15, 0.2) is 0 Å². The molecule has 0 saturated heterocycles. The molecule has 1 aromatic heterocycles. The molecule has 0 fully saturated rings. The first-order valence-electron chi connectivity index (χ1n) is 3.60. The summed E-state index contributed by atoms with van der Waals surface area (Å²) in [6, 6.07) is 0. The van der Waals surface area contributed by atoms with E-state index >= 15 is 0 Å². The number of carbonyl (C=O) groups is 1. The molecule has 76 valence electrons. The number of hydrogen-bond donors (Lipinski definition) is 1. The summed E-state index contributed by atoms with van der Waals surface area (Å²) in [4.78, 5) is 20.0. The van der Waals surface area contributed by atoms with Crippen molar-refractivity contribution in [3.63, 3.8) is 0 Å². The highest BCUT2D eigenvalue weighted by molar-refractivity contribution is 14.1. The Morgan fingerprint density at radius 1 is 1.79 bits per heavy atom. The largest absolute Gasteiger partial charge is 0.481 e. The van der Waals surface area contributed by atoms with Crippen molar-refractivity contribution in [3.05, 3.63) is 19.9 Å². The van der Waals surface area contributed by atoms with Gasteiger partial charge in [0.25, 0.3) is 0 Å². The van der Waals surface area contributed by atoms with E-state index in [2.05, 4.69) is 5.10 Å². The van der Waals surface area contributed by atoms with Gasteiger partial charge in [-0.1, -0.05) is 0 Å². The maximum atomic E-state index is 10.4. The Bertz CT molecular complexity index is 375. The molecule has 0 aliphatic heterocycles. The highest BCUT2D eigenvalue weighted by Crippen LogP contribution is 2.17. The zero-order chi connectivity index (χ0) is 10.7. The molecule has 0 unspecified atom stereocenters. The summed E-state index contributed by atoms with van der Waals surface area (Å²) in [7, 11) is 0. The molecule has 0 spiro atoms. The average Bonchev–Trinajstić information content (AvgIpc) is 2.43. The van der Waals surface area contributed by atoms with E-state index in [9.17, 15) is 14.9 Å². The Morgan fingerprint density at radius 3 is 2.86 bits per heavy atom. The summed E-state index contributed by atoms with van der Waals surface area (Å²) < 4.78 is 1.66. The van der Waals surface area contributed by atoms with Crippen LogP contribution in [0.4, 0.5) is 5.82 Å². The van der Waals surface area contributed by atoms with Crippen molar-refractivity contribution in [1.82, 2.24) is 9.78 Å². The fourth-order valence-corrected chi connectivity index (χ4v) is 1.46. The van der Waals surface area contributed by atoms with E-state index in [1.165, 1.54) is 10.9 Å². The average molecular weight is 311 g/mol. The molecule has 1 N–H and O–H groups in total. The zero-order valence-electron chi connectivity index (χ0n) is 6.88. The fraction of sp³-hybridized carbons (Fsp3) is 0.333. The van der Waals surface area contributed by atoms with E-state index in [-0.39, 0.29) is 18.8 Å². The molecule has 0 aliphatic carbocycles. The Kier molecular flexibility index (Phi) is 3.38. The van der Waals surface area contributed by atoms with E-state index in [1.807, 2.05) is 0 Å². The van der Waals surface area contributed by atoms with E-state index in [4.69, 9.17) is 5.11 Å². The number of hydrogen-bond acceptors (Lipinski definition) is 4. The van der Waals surface area contributed by atoms with Crippen LogP contribution in [0.3, 0.4) is 0 Å². The van der Waals surface area contributed by atoms with Crippen LogP contribution < -0.4 is 0 Å². The number of carboxylic acid groups (broad SMARTS) is 1. The molecule has 14 heavy (non-hydrogen) atoms. The highest BCUT2D eigenvalue weighted by Gasteiger charge is 2.18. The molecule has 0 amide bonds. The quantitative estimate of drug-likeness (QED) is 0.505. The topological polar surface area (TPSA) is 98.3 Å². The van der Waals surface area contributed by atoms with Gasteiger partial charge in [-0.3, -0.25) is 4.79 Å². The molecule has 7 nitrogen and oxygen atoms in total. The van der Waals surface area contributed by atoms with Gasteiger partial charge in [0, 0.05) is 0 Å². The van der Waals surface area contributed by atoms with Gasteiger partial charge < -0.3 is 15.2 Å². The molecule has 1 heterocycles. The van der Waals surface area contributed by atoms with Crippen molar-refractivity contribution in [1.29, 1.82) is 0 Å². The number of aryl methyl sites for hydroxylation is 1. The SMILES string of the molecule is O=C(O)CCn1cc(I)c([N+](=O)[O-])n1. The minimum absolute atomic E-state index is 0.102. The summed E-state index contributed by atoms with van der Waals surface area (Å²) in [6.45, 7) is 0.138. The minimum atomic E-state index is -0.960. The number of carboxylic acids is 1. The summed E-state index contributed by atoms with van der Waals surface area (Å²) in [5.41, 5.74) is 0. The Hall–Kier alpha value is -1.19. The monoisotopic (exact) mass is 311 g/mol. The smallest absolute Gasteiger partial charge is 0.403 e. The standard InChI is InChI=1S/C6H6IN3O4/c7-4-3-9(2-1-5(11)12)8-6(4)10(13)14/h3H,1-2H2,(H,11,12). The molecular weight excluding hydrogens is 305 g/mol. The molecule has 8 heteroatoms. The first-order chi connectivity index (χ1) is 6.50. The Morgan fingerprint density at radius 2 is 2.43 bits per heavy atom. The van der Waals surface area contributed by atoms with Crippen LogP contribution in [0.1, 0.15) is 6.42 Å². The van der Waals surface area contributed by atoms with Crippen molar-refractivity contribution >= 4 is 34.4 Å². The van der Waals surface area contributed by atoms with Crippen LogP contribution in [-0.4, -0.2) is 25.8 Å². The lowest BCUT2D eigenvalue weighted by Gasteiger charge is -1.90. The number of nitrogens with zero attached hydrogens (tertiary/aromatic N) is 3. The molecule has 1 aromatic rings. The van der Waals surface area contributed by atoms with Gasteiger partial charge in [-0.15, -0.1) is 0 Å². The zero-order valence-corrected chi connectivity index (χ0v) is 9.04. The summed E-state index contributed by atoms with van der Waals surface area (Å²) in [6.07, 6.45) is 1.34. The molecule has 1 rings (SSSR count). The third kappa shape index (κ3) is 2.65. The number of aromatic nitrogens is 2. The number of aliphatic carboxylic acids is 1. The van der Waals surface area contributed by atoms with Crippen molar-refractivity contribution in [2.45, 2.75) is 13.0 Å². The third-order valence-corrected chi connectivity index (χ3v) is 2.19. The maximum Gasteiger partial charge on any atom is 0.403 e. The molecule has 0 radical (unpaired) electrons. The predicted octanol–water partition coefficient (Wildman–Crippen LogP) is 0.871. The number of halogens is 1. The number of rotatable bonds is 4. The van der Waals surface area contributed by atoms with Gasteiger partial charge in [-0.05, 0) is 27.5 Å². The van der Waals surface area contributed by atoms with E-state index < -0.39 is 10.9 Å². The van der Waals surface area contributed by atoms with Gasteiger partial charge in [-0.25, -0.2) is 0 Å². The third-order valence-electron chi connectivity index (χ3n) is 1.43. The lowest BCUT2D eigenvalue weighted by molar-refractivity contribution is -0.390. The van der Waals surface area contributed by atoms with Crippen molar-refractivity contribution in [2.75, 3.05) is 0 Å². The summed E-state index contributed by atoms with van der Waals surface area (Å²) in [5, 5.41) is 22.4. The highest BCUT2D eigenvalue weighted by atomic mass is 127. The van der Waals surface area contributed by atoms with Crippen LogP contribution in [0.15, 0.2) is 6.20 Å². The van der Waals surface area contributed by atoms with Gasteiger partial charge >= 0.3 is 11.8 Å². The fourth-order valence-electron chi connectivity index (χ4n) is 0.835. The second-order valence-corrected chi connectivity index (χ2v) is 3.63. The molecule has 0 atom stereocenters. The van der Waals surface area contributed by atoms with E-state index in [0.717, 1.165) is 0 Å². The van der Waals surface area contributed by atoms with Crippen LogP contribution in [-0.2, 0) is 11.3 Å². The first-order valence-corrected chi connectivity index (χ1v) is 4.67. The van der Waals surface area contributed by atoms with Crippen LogP contribution in [0, 0.1) is 13.7 Å². The van der Waals surface area contributed by atoms with Crippen molar-refractivity contribution < 1.29 is 14.8 Å². The predicted molar refractivity (Wildman–Crippen MR) is 53.9 cm³/mol. The van der Waals surface area contributed by atoms with Gasteiger partial charge in [0.05, 0.1) is 24.3 Å². The normalized spacial score (nSPS) is 10.1. The first kappa shape index (κ1) is 10.9. The second-order valence-electron chi connectivity index (χ2n) is 2.46. The van der Waals surface area contributed by atoms with Crippen LogP contribution in [0.2, 0.25) is 0 Å². The van der Waals surface area contributed by atoms with E-state index in [0.29, 0.717) is 3.57 Å². The molecule has 0 saturated carbocycles. The number of nitro groups is 1. The van der Waals surface area contributed by atoms with Crippen LogP contribution in [0.5, 0.6) is 0 Å². The molecular formula is C6H6IN3O4. The van der Waals surface area contributed by atoms with Gasteiger partial charge in [-0.2, -0.15) is 4.68 Å². The van der Waals surface area contributed by atoms with Crippen LogP contribution >= 0.6 is 22.6 Å². The van der Waals surface area contributed by atoms with Gasteiger partial charge in [0.2, 0.25) is 0 Å². The molecule has 0 aliphatic rings.